The average molecular weight is 313 g/mol. The first kappa shape index (κ1) is 16.5. The Balaban J connectivity index is 2.21. The summed E-state index contributed by atoms with van der Waals surface area (Å²) in [7, 11) is 0. The van der Waals surface area contributed by atoms with Gasteiger partial charge in [0.25, 0.3) is 5.91 Å². The van der Waals surface area contributed by atoms with Gasteiger partial charge >= 0.3 is 6.18 Å². The molecule has 0 aliphatic carbocycles. The molecule has 1 fully saturated rings. The van der Waals surface area contributed by atoms with Crippen LogP contribution in [0.25, 0.3) is 6.08 Å². The molecule has 3 nitrogen and oxygen atoms in total. The minimum absolute atomic E-state index is 0.145. The summed E-state index contributed by atoms with van der Waals surface area (Å²) in [5, 5.41) is 0. The predicted octanol–water partition coefficient (Wildman–Crippen LogP) is 3.51. The Morgan fingerprint density at radius 2 is 2.05 bits per heavy atom. The molecule has 1 aromatic rings. The zero-order chi connectivity index (χ0) is 16.2. The van der Waals surface area contributed by atoms with Gasteiger partial charge in [-0.3, -0.25) is 4.79 Å². The zero-order valence-electron chi connectivity index (χ0n) is 12.1. The number of ether oxygens (including phenoxy) is 1. The Labute approximate surface area is 127 Å². The van der Waals surface area contributed by atoms with Crippen molar-refractivity contribution < 1.29 is 22.7 Å². The van der Waals surface area contributed by atoms with Crippen molar-refractivity contribution in [3.8, 4) is 0 Å². The van der Waals surface area contributed by atoms with Crippen LogP contribution < -0.4 is 0 Å². The maximum Gasteiger partial charge on any atom is 0.406 e. The molecule has 22 heavy (non-hydrogen) atoms. The summed E-state index contributed by atoms with van der Waals surface area (Å²) in [5.41, 5.74) is 1.04. The summed E-state index contributed by atoms with van der Waals surface area (Å²) in [6.07, 6.45) is -1.65. The number of halogens is 3. The van der Waals surface area contributed by atoms with Crippen molar-refractivity contribution in [2.24, 2.45) is 0 Å². The summed E-state index contributed by atoms with van der Waals surface area (Å²) in [6.45, 7) is 3.01. The second kappa shape index (κ2) is 6.96. The number of rotatable bonds is 4. The molecule has 2 rings (SSSR count). The van der Waals surface area contributed by atoms with Crippen LogP contribution >= 0.6 is 0 Å². The number of carbonyl (C=O) groups excluding carboxylic acids is 1. The Morgan fingerprint density at radius 1 is 1.36 bits per heavy atom. The molecule has 1 aliphatic rings. The fourth-order valence-corrected chi connectivity index (χ4v) is 2.46. The number of hydrogen-bond donors (Lipinski definition) is 0. The topological polar surface area (TPSA) is 29.5 Å². The van der Waals surface area contributed by atoms with E-state index < -0.39 is 24.7 Å². The molecule has 6 heteroatoms. The maximum absolute atomic E-state index is 12.8. The minimum atomic E-state index is -4.44. The molecule has 1 aliphatic heterocycles. The first-order valence-electron chi connectivity index (χ1n) is 7.08. The molecule has 0 aromatic heterocycles. The highest BCUT2D eigenvalue weighted by atomic mass is 19.4. The largest absolute Gasteiger partial charge is 0.406 e. The number of benzene rings is 1. The first-order chi connectivity index (χ1) is 10.4. The van der Waals surface area contributed by atoms with Crippen LogP contribution in [0.4, 0.5) is 13.2 Å². The number of nitrogens with zero attached hydrogens (tertiary/aromatic N) is 1. The second-order valence-electron chi connectivity index (χ2n) is 5.25. The summed E-state index contributed by atoms with van der Waals surface area (Å²) in [5.74, 6) is -0.622. The SMILES string of the molecule is C=Cc1ccc(C(=O)N(CC(F)(F)F)[C@H]2CCCOC2)cc1. The highest BCUT2D eigenvalue weighted by Gasteiger charge is 2.37. The fraction of sp³-hybridized carbons (Fsp3) is 0.438. The van der Waals surface area contributed by atoms with E-state index in [9.17, 15) is 18.0 Å². The molecular weight excluding hydrogens is 295 g/mol. The summed E-state index contributed by atoms with van der Waals surface area (Å²) in [6, 6.07) is 5.81. The van der Waals surface area contributed by atoms with Gasteiger partial charge < -0.3 is 9.64 Å². The van der Waals surface area contributed by atoms with E-state index in [-0.39, 0.29) is 12.2 Å². The lowest BCUT2D eigenvalue weighted by Crippen LogP contribution is -2.49. The Bertz CT molecular complexity index is 519. The molecule has 120 valence electrons. The van der Waals surface area contributed by atoms with Crippen molar-refractivity contribution in [2.75, 3.05) is 19.8 Å². The smallest absolute Gasteiger partial charge is 0.379 e. The molecular formula is C16H18F3NO2. The number of amides is 1. The third kappa shape index (κ3) is 4.34. The van der Waals surface area contributed by atoms with E-state index in [4.69, 9.17) is 4.74 Å². The lowest BCUT2D eigenvalue weighted by Gasteiger charge is -2.34. The monoisotopic (exact) mass is 313 g/mol. The standard InChI is InChI=1S/C16H18F3NO2/c1-2-12-5-7-13(8-6-12)15(21)20(11-16(17,18)19)14-4-3-9-22-10-14/h2,5-8,14H,1,3-4,9-11H2/t14-/m0/s1. The zero-order valence-corrected chi connectivity index (χ0v) is 12.1. The van der Waals surface area contributed by atoms with E-state index in [1.54, 1.807) is 18.2 Å². The van der Waals surface area contributed by atoms with Crippen molar-refractivity contribution in [3.05, 3.63) is 42.0 Å². The lowest BCUT2D eigenvalue weighted by molar-refractivity contribution is -0.148. The molecule has 0 saturated carbocycles. The van der Waals surface area contributed by atoms with Gasteiger partial charge in [-0.15, -0.1) is 0 Å². The molecule has 1 saturated heterocycles. The van der Waals surface area contributed by atoms with Gasteiger partial charge in [0.2, 0.25) is 0 Å². The van der Waals surface area contributed by atoms with Gasteiger partial charge in [0.15, 0.2) is 0 Å². The van der Waals surface area contributed by atoms with Crippen molar-refractivity contribution >= 4 is 12.0 Å². The van der Waals surface area contributed by atoms with E-state index in [2.05, 4.69) is 6.58 Å². The van der Waals surface area contributed by atoms with Crippen molar-refractivity contribution in [3.63, 3.8) is 0 Å². The van der Waals surface area contributed by atoms with Crippen LogP contribution in [-0.4, -0.2) is 42.8 Å². The van der Waals surface area contributed by atoms with Gasteiger partial charge in [0.05, 0.1) is 12.6 Å². The average Bonchev–Trinajstić information content (AvgIpc) is 2.52. The Hall–Kier alpha value is -1.82. The second-order valence-corrected chi connectivity index (χ2v) is 5.25. The van der Waals surface area contributed by atoms with Crippen molar-refractivity contribution in [1.82, 2.24) is 4.90 Å². The molecule has 0 N–H and O–H groups in total. The van der Waals surface area contributed by atoms with Gasteiger partial charge in [-0.2, -0.15) is 13.2 Å². The molecule has 1 atom stereocenters. The van der Waals surface area contributed by atoms with Gasteiger partial charge in [-0.25, -0.2) is 0 Å². The molecule has 1 heterocycles. The Morgan fingerprint density at radius 3 is 2.55 bits per heavy atom. The van der Waals surface area contributed by atoms with Crippen LogP contribution in [0, 0.1) is 0 Å². The summed E-state index contributed by atoms with van der Waals surface area (Å²) < 4.78 is 43.6. The van der Waals surface area contributed by atoms with Gasteiger partial charge in [-0.1, -0.05) is 24.8 Å². The quantitative estimate of drug-likeness (QED) is 0.851. The minimum Gasteiger partial charge on any atom is -0.379 e. The molecule has 0 unspecified atom stereocenters. The summed E-state index contributed by atoms with van der Waals surface area (Å²) in [4.78, 5) is 13.3. The fourth-order valence-electron chi connectivity index (χ4n) is 2.46. The molecule has 1 amide bonds. The number of alkyl halides is 3. The van der Waals surface area contributed by atoms with E-state index in [0.717, 1.165) is 10.5 Å². The Kier molecular flexibility index (Phi) is 5.24. The third-order valence-electron chi connectivity index (χ3n) is 3.58. The highest BCUT2D eigenvalue weighted by molar-refractivity contribution is 5.94. The van der Waals surface area contributed by atoms with Gasteiger partial charge in [0, 0.05) is 12.2 Å². The highest BCUT2D eigenvalue weighted by Crippen LogP contribution is 2.23. The van der Waals surface area contributed by atoms with E-state index in [1.165, 1.54) is 12.1 Å². The number of hydrogen-bond acceptors (Lipinski definition) is 2. The molecule has 0 bridgehead atoms. The van der Waals surface area contributed by atoms with Crippen LogP contribution in [0.1, 0.15) is 28.8 Å². The normalized spacial score (nSPS) is 18.8. The van der Waals surface area contributed by atoms with Crippen LogP contribution in [0.15, 0.2) is 30.8 Å². The first-order valence-corrected chi connectivity index (χ1v) is 7.08. The van der Waals surface area contributed by atoms with Gasteiger partial charge in [-0.05, 0) is 30.5 Å². The molecule has 0 spiro atoms. The van der Waals surface area contributed by atoms with Crippen molar-refractivity contribution in [2.45, 2.75) is 25.1 Å². The summed E-state index contributed by atoms with van der Waals surface area (Å²) >= 11 is 0. The van der Waals surface area contributed by atoms with E-state index in [1.807, 2.05) is 0 Å². The van der Waals surface area contributed by atoms with E-state index in [0.29, 0.717) is 19.4 Å². The lowest BCUT2D eigenvalue weighted by atomic mass is 10.1. The van der Waals surface area contributed by atoms with Crippen LogP contribution in [0.2, 0.25) is 0 Å². The predicted molar refractivity (Wildman–Crippen MR) is 77.5 cm³/mol. The van der Waals surface area contributed by atoms with Crippen LogP contribution in [-0.2, 0) is 4.74 Å². The van der Waals surface area contributed by atoms with Crippen LogP contribution in [0.5, 0.6) is 0 Å². The van der Waals surface area contributed by atoms with Gasteiger partial charge in [0.1, 0.15) is 6.54 Å². The third-order valence-corrected chi connectivity index (χ3v) is 3.58. The molecule has 0 radical (unpaired) electrons. The number of carbonyl (C=O) groups is 1. The van der Waals surface area contributed by atoms with E-state index >= 15 is 0 Å². The molecule has 1 aromatic carbocycles. The maximum atomic E-state index is 12.8. The van der Waals surface area contributed by atoms with Crippen molar-refractivity contribution in [1.29, 1.82) is 0 Å². The van der Waals surface area contributed by atoms with Crippen LogP contribution in [0.3, 0.4) is 0 Å².